The maximum atomic E-state index is 13.4. The first-order chi connectivity index (χ1) is 11.0. The zero-order valence-electron chi connectivity index (χ0n) is 11.4. The van der Waals surface area contributed by atoms with Crippen molar-refractivity contribution in [1.29, 1.82) is 0 Å². The Morgan fingerprint density at radius 2 is 2.35 bits per heavy atom. The van der Waals surface area contributed by atoms with Crippen LogP contribution in [-0.4, -0.2) is 26.0 Å². The van der Waals surface area contributed by atoms with Gasteiger partial charge in [-0.15, -0.1) is 0 Å². The van der Waals surface area contributed by atoms with Gasteiger partial charge >= 0.3 is 5.82 Å². The number of hydrogen-bond donors (Lipinski definition) is 2. The lowest BCUT2D eigenvalue weighted by atomic mass is 10.1. The van der Waals surface area contributed by atoms with Crippen molar-refractivity contribution in [1.82, 2.24) is 9.38 Å². The molecule has 0 radical (unpaired) electrons. The number of rotatable bonds is 5. The number of nitro groups is 1. The van der Waals surface area contributed by atoms with Gasteiger partial charge < -0.3 is 20.5 Å². The summed E-state index contributed by atoms with van der Waals surface area (Å²) in [5, 5.41) is 25.6. The fourth-order valence-electron chi connectivity index (χ4n) is 2.10. The van der Waals surface area contributed by atoms with E-state index < -0.39 is 16.8 Å². The zero-order chi connectivity index (χ0) is 16.6. The number of hydrogen-bond acceptors (Lipinski definition) is 6. The van der Waals surface area contributed by atoms with E-state index in [1.54, 1.807) is 11.6 Å². The summed E-state index contributed by atoms with van der Waals surface area (Å²) in [5.41, 5.74) is 0.308. The number of halogens is 2. The SMILES string of the molecule is O=[N+]([O-])c1c(NCC(O)c2ccc(Cl)c(F)c2)nc2sccn12. The second-order valence-corrected chi connectivity index (χ2v) is 5.95. The van der Waals surface area contributed by atoms with Gasteiger partial charge in [-0.1, -0.05) is 29.0 Å². The van der Waals surface area contributed by atoms with Gasteiger partial charge in [0.15, 0.2) is 0 Å². The van der Waals surface area contributed by atoms with Crippen LogP contribution in [0.25, 0.3) is 4.96 Å². The second kappa shape index (κ2) is 6.11. The van der Waals surface area contributed by atoms with Crippen LogP contribution in [0.15, 0.2) is 29.8 Å². The average Bonchev–Trinajstić information content (AvgIpc) is 3.07. The summed E-state index contributed by atoms with van der Waals surface area (Å²) in [6.45, 7) is -0.0628. The zero-order valence-corrected chi connectivity index (χ0v) is 13.0. The van der Waals surface area contributed by atoms with Crippen LogP contribution in [0, 0.1) is 15.9 Å². The summed E-state index contributed by atoms with van der Waals surface area (Å²) in [5.74, 6) is -0.803. The third-order valence-corrected chi connectivity index (χ3v) is 4.26. The van der Waals surface area contributed by atoms with Gasteiger partial charge in [0, 0.05) is 11.9 Å². The number of nitrogens with zero attached hydrogens (tertiary/aromatic N) is 3. The van der Waals surface area contributed by atoms with Crippen LogP contribution in [-0.2, 0) is 0 Å². The Kier molecular flexibility index (Phi) is 4.16. The normalized spacial score (nSPS) is 12.5. The molecule has 0 amide bonds. The quantitative estimate of drug-likeness (QED) is 0.540. The molecule has 2 N–H and O–H groups in total. The lowest BCUT2D eigenvalue weighted by molar-refractivity contribution is -0.389. The Labute approximate surface area is 138 Å². The fraction of sp³-hybridized carbons (Fsp3) is 0.154. The molecule has 1 aromatic carbocycles. The monoisotopic (exact) mass is 356 g/mol. The van der Waals surface area contributed by atoms with Crippen molar-refractivity contribution in [3.63, 3.8) is 0 Å². The van der Waals surface area contributed by atoms with Crippen LogP contribution < -0.4 is 5.32 Å². The van der Waals surface area contributed by atoms with E-state index in [1.165, 1.54) is 27.9 Å². The summed E-state index contributed by atoms with van der Waals surface area (Å²) in [7, 11) is 0. The van der Waals surface area contributed by atoms with Gasteiger partial charge in [-0.2, -0.15) is 9.38 Å². The molecule has 0 aliphatic rings. The van der Waals surface area contributed by atoms with Crippen LogP contribution in [0.1, 0.15) is 11.7 Å². The van der Waals surface area contributed by atoms with Crippen LogP contribution in [0.4, 0.5) is 16.0 Å². The van der Waals surface area contributed by atoms with Crippen molar-refractivity contribution in [2.45, 2.75) is 6.10 Å². The van der Waals surface area contributed by atoms with E-state index in [-0.39, 0.29) is 23.2 Å². The first-order valence-electron chi connectivity index (χ1n) is 6.44. The van der Waals surface area contributed by atoms with E-state index >= 15 is 0 Å². The third kappa shape index (κ3) is 2.98. The smallest absolute Gasteiger partial charge is 0.372 e. The van der Waals surface area contributed by atoms with Crippen molar-refractivity contribution in [3.8, 4) is 0 Å². The molecule has 0 aliphatic carbocycles. The summed E-state index contributed by atoms with van der Waals surface area (Å²) in [6.07, 6.45) is 0.475. The van der Waals surface area contributed by atoms with E-state index in [9.17, 15) is 19.6 Å². The van der Waals surface area contributed by atoms with Crippen molar-refractivity contribution < 1.29 is 14.4 Å². The maximum Gasteiger partial charge on any atom is 0.372 e. The number of anilines is 1. The highest BCUT2D eigenvalue weighted by Crippen LogP contribution is 2.28. The highest BCUT2D eigenvalue weighted by atomic mass is 35.5. The highest BCUT2D eigenvalue weighted by molar-refractivity contribution is 7.15. The lowest BCUT2D eigenvalue weighted by Gasteiger charge is -2.12. The minimum Gasteiger partial charge on any atom is -0.387 e. The minimum atomic E-state index is -1.07. The Morgan fingerprint density at radius 3 is 3.04 bits per heavy atom. The van der Waals surface area contributed by atoms with Crippen LogP contribution in [0.3, 0.4) is 0 Å². The Morgan fingerprint density at radius 1 is 1.57 bits per heavy atom. The Bertz CT molecular complexity index is 881. The molecule has 23 heavy (non-hydrogen) atoms. The minimum absolute atomic E-state index is 0.0427. The van der Waals surface area contributed by atoms with Crippen LogP contribution in [0.2, 0.25) is 5.02 Å². The summed E-state index contributed by atoms with van der Waals surface area (Å²) < 4.78 is 14.8. The van der Waals surface area contributed by atoms with Gasteiger partial charge in [0.1, 0.15) is 12.0 Å². The summed E-state index contributed by atoms with van der Waals surface area (Å²) >= 11 is 6.84. The van der Waals surface area contributed by atoms with E-state index in [0.29, 0.717) is 10.5 Å². The van der Waals surface area contributed by atoms with Crippen molar-refractivity contribution in [3.05, 3.63) is 56.3 Å². The molecular formula is C13H10ClFN4O3S. The molecular weight excluding hydrogens is 347 g/mol. The van der Waals surface area contributed by atoms with E-state index in [1.807, 2.05) is 0 Å². The van der Waals surface area contributed by atoms with E-state index in [0.717, 1.165) is 6.07 Å². The number of aromatic nitrogens is 2. The number of aliphatic hydroxyl groups is 1. The van der Waals surface area contributed by atoms with Gasteiger partial charge in [-0.3, -0.25) is 0 Å². The van der Waals surface area contributed by atoms with E-state index in [2.05, 4.69) is 10.3 Å². The molecule has 1 unspecified atom stereocenters. The molecule has 120 valence electrons. The maximum absolute atomic E-state index is 13.4. The molecule has 10 heteroatoms. The molecule has 0 saturated heterocycles. The predicted octanol–water partition coefficient (Wildman–Crippen LogP) is 3.24. The molecule has 1 atom stereocenters. The lowest BCUT2D eigenvalue weighted by Crippen LogP contribution is -2.13. The van der Waals surface area contributed by atoms with Gasteiger partial charge in [-0.25, -0.2) is 4.39 Å². The molecule has 3 rings (SSSR count). The van der Waals surface area contributed by atoms with Gasteiger partial charge in [0.25, 0.3) is 4.96 Å². The van der Waals surface area contributed by atoms with Crippen molar-refractivity contribution >= 4 is 39.5 Å². The number of nitrogens with one attached hydrogen (secondary N) is 1. The summed E-state index contributed by atoms with van der Waals surface area (Å²) in [4.78, 5) is 15.2. The predicted molar refractivity (Wildman–Crippen MR) is 84.6 cm³/mol. The molecule has 2 aromatic heterocycles. The summed E-state index contributed by atoms with van der Waals surface area (Å²) in [6, 6.07) is 3.94. The second-order valence-electron chi connectivity index (χ2n) is 4.67. The van der Waals surface area contributed by atoms with Gasteiger partial charge in [0.2, 0.25) is 5.82 Å². The fourth-order valence-corrected chi connectivity index (χ4v) is 2.92. The third-order valence-electron chi connectivity index (χ3n) is 3.20. The largest absolute Gasteiger partial charge is 0.387 e. The van der Waals surface area contributed by atoms with Gasteiger partial charge in [-0.05, 0) is 22.6 Å². The van der Waals surface area contributed by atoms with Crippen molar-refractivity contribution in [2.24, 2.45) is 0 Å². The molecule has 7 nitrogen and oxygen atoms in total. The van der Waals surface area contributed by atoms with Crippen LogP contribution >= 0.6 is 22.9 Å². The molecule has 2 heterocycles. The number of benzene rings is 1. The van der Waals surface area contributed by atoms with E-state index in [4.69, 9.17) is 11.6 Å². The first-order valence-corrected chi connectivity index (χ1v) is 7.70. The molecule has 3 aromatic rings. The van der Waals surface area contributed by atoms with Gasteiger partial charge in [0.05, 0.1) is 11.1 Å². The Hall–Kier alpha value is -2.23. The number of imidazole rings is 1. The molecule has 0 saturated carbocycles. The average molecular weight is 357 g/mol. The highest BCUT2D eigenvalue weighted by Gasteiger charge is 2.24. The Balaban J connectivity index is 1.80. The number of fused-ring (bicyclic) bond motifs is 1. The molecule has 0 fully saturated rings. The molecule has 0 bridgehead atoms. The topological polar surface area (TPSA) is 92.7 Å². The number of thiazole rings is 1. The number of aliphatic hydroxyl groups excluding tert-OH is 1. The van der Waals surface area contributed by atoms with Crippen molar-refractivity contribution in [2.75, 3.05) is 11.9 Å². The first kappa shape index (κ1) is 15.7. The van der Waals surface area contributed by atoms with Crippen LogP contribution in [0.5, 0.6) is 0 Å². The molecule has 0 spiro atoms. The standard InChI is InChI=1S/C13H10ClFN4O3S/c14-8-2-1-7(5-9(8)15)10(20)6-16-11-12(19(21)22)18-3-4-23-13(18)17-11/h1-5,10,16,20H,6H2. The molecule has 0 aliphatic heterocycles.